The fraction of sp³-hybridized carbons (Fsp3) is 0.222. The van der Waals surface area contributed by atoms with Crippen LogP contribution < -0.4 is 0 Å². The largest absolute Gasteiger partial charge is 0.580 e. The number of hydrogen-bond donors (Lipinski definition) is 0. The van der Waals surface area contributed by atoms with Crippen LogP contribution in [-0.2, 0) is 31.7 Å². The zero-order chi connectivity index (χ0) is 16.3. The molecule has 0 aromatic heterocycles. The van der Waals surface area contributed by atoms with Gasteiger partial charge < -0.3 is 9.31 Å². The first-order valence-electron chi connectivity index (χ1n) is 7.63. The van der Waals surface area contributed by atoms with E-state index in [4.69, 9.17) is 9.31 Å². The van der Waals surface area contributed by atoms with Gasteiger partial charge in [0.25, 0.3) is 11.9 Å². The summed E-state index contributed by atoms with van der Waals surface area (Å²) in [6.07, 6.45) is 1.76. The van der Waals surface area contributed by atoms with Crippen LogP contribution in [0.3, 0.4) is 0 Å². The molecule has 0 aliphatic rings. The molecule has 4 nitrogen and oxygen atoms in total. The number of hydrogen-bond acceptors (Lipinski definition) is 4. The van der Waals surface area contributed by atoms with Crippen molar-refractivity contribution >= 4 is 19.6 Å². The third kappa shape index (κ3) is 6.83. The average Bonchev–Trinajstić information content (AvgIpc) is 2.60. The average molecular weight is 310 g/mol. The molecule has 0 N–H and O–H groups in total. The molecule has 0 heterocycles. The van der Waals surface area contributed by atoms with E-state index in [2.05, 4.69) is 0 Å². The van der Waals surface area contributed by atoms with Gasteiger partial charge in [-0.25, -0.2) is 0 Å². The van der Waals surface area contributed by atoms with E-state index in [1.165, 1.54) is 0 Å². The Morgan fingerprint density at radius 3 is 1.48 bits per heavy atom. The molecule has 0 unspecified atom stereocenters. The van der Waals surface area contributed by atoms with E-state index in [0.717, 1.165) is 11.1 Å². The van der Waals surface area contributed by atoms with Crippen LogP contribution >= 0.6 is 0 Å². The SMILES string of the molecule is O=C(CCc1ccccc1)OBOC(=O)CCc1ccccc1. The van der Waals surface area contributed by atoms with Crippen LogP contribution in [0.15, 0.2) is 60.7 Å². The van der Waals surface area contributed by atoms with E-state index in [0.29, 0.717) is 12.8 Å². The maximum absolute atomic E-state index is 11.6. The van der Waals surface area contributed by atoms with Gasteiger partial charge in [0.05, 0.1) is 0 Å². The second-order valence-corrected chi connectivity index (χ2v) is 5.12. The van der Waals surface area contributed by atoms with E-state index >= 15 is 0 Å². The van der Waals surface area contributed by atoms with Crippen molar-refractivity contribution in [2.75, 3.05) is 0 Å². The van der Waals surface area contributed by atoms with Gasteiger partial charge in [0.15, 0.2) is 0 Å². The van der Waals surface area contributed by atoms with Gasteiger partial charge in [-0.3, -0.25) is 9.59 Å². The minimum absolute atomic E-state index is 0.269. The summed E-state index contributed by atoms with van der Waals surface area (Å²) in [5, 5.41) is 0. The smallest absolute Gasteiger partial charge is 0.502 e. The lowest BCUT2D eigenvalue weighted by Crippen LogP contribution is -2.16. The first kappa shape index (κ1) is 16.8. The predicted octanol–water partition coefficient (Wildman–Crippen LogP) is 2.60. The predicted molar refractivity (Wildman–Crippen MR) is 88.9 cm³/mol. The monoisotopic (exact) mass is 310 g/mol. The molecule has 5 heteroatoms. The molecular formula is C18H19BO4. The zero-order valence-corrected chi connectivity index (χ0v) is 12.9. The molecule has 0 atom stereocenters. The topological polar surface area (TPSA) is 52.6 Å². The molecule has 118 valence electrons. The number of rotatable bonds is 8. The van der Waals surface area contributed by atoms with Gasteiger partial charge in [-0.2, -0.15) is 0 Å². The maximum Gasteiger partial charge on any atom is 0.580 e. The van der Waals surface area contributed by atoms with Gasteiger partial charge >= 0.3 is 7.69 Å². The third-order valence-electron chi connectivity index (χ3n) is 3.36. The van der Waals surface area contributed by atoms with Crippen LogP contribution in [0.25, 0.3) is 0 Å². The summed E-state index contributed by atoms with van der Waals surface area (Å²) < 4.78 is 9.81. The molecule has 0 bridgehead atoms. The van der Waals surface area contributed by atoms with Gasteiger partial charge in [-0.05, 0) is 24.0 Å². The highest BCUT2D eigenvalue weighted by Crippen LogP contribution is 2.04. The fourth-order valence-electron chi connectivity index (χ4n) is 2.09. The minimum Gasteiger partial charge on any atom is -0.502 e. The first-order chi connectivity index (χ1) is 11.2. The maximum atomic E-state index is 11.6. The van der Waals surface area contributed by atoms with Crippen LogP contribution in [0.1, 0.15) is 24.0 Å². The molecule has 0 aliphatic carbocycles. The Morgan fingerprint density at radius 2 is 1.09 bits per heavy atom. The molecule has 2 aromatic carbocycles. The summed E-state index contributed by atoms with van der Waals surface area (Å²) in [5.41, 5.74) is 2.15. The van der Waals surface area contributed by atoms with Crippen LogP contribution in [0.5, 0.6) is 0 Å². The van der Waals surface area contributed by atoms with Crippen molar-refractivity contribution in [3.63, 3.8) is 0 Å². The molecule has 2 rings (SSSR count). The second-order valence-electron chi connectivity index (χ2n) is 5.12. The van der Waals surface area contributed by atoms with Gasteiger partial charge in [-0.15, -0.1) is 0 Å². The lowest BCUT2D eigenvalue weighted by atomic mass is 10.1. The quantitative estimate of drug-likeness (QED) is 0.703. The molecule has 2 aromatic rings. The number of carbonyl (C=O) groups is 2. The number of benzene rings is 2. The van der Waals surface area contributed by atoms with Crippen molar-refractivity contribution in [2.24, 2.45) is 0 Å². The molecule has 0 fully saturated rings. The Morgan fingerprint density at radius 1 is 0.696 bits per heavy atom. The molecule has 23 heavy (non-hydrogen) atoms. The molecule has 0 spiro atoms. The Hall–Kier alpha value is -2.56. The van der Waals surface area contributed by atoms with E-state index < -0.39 is 0 Å². The van der Waals surface area contributed by atoms with Gasteiger partial charge in [-0.1, -0.05) is 60.7 Å². The summed E-state index contributed by atoms with van der Waals surface area (Å²) in [6.45, 7) is 0. The van der Waals surface area contributed by atoms with Crippen molar-refractivity contribution in [1.29, 1.82) is 0 Å². The Balaban J connectivity index is 1.57. The van der Waals surface area contributed by atoms with Crippen LogP contribution in [0, 0.1) is 0 Å². The lowest BCUT2D eigenvalue weighted by Gasteiger charge is -2.06. The first-order valence-corrected chi connectivity index (χ1v) is 7.63. The van der Waals surface area contributed by atoms with E-state index in [-0.39, 0.29) is 32.5 Å². The summed E-state index contributed by atoms with van der Waals surface area (Å²) in [6, 6.07) is 19.4. The highest BCUT2D eigenvalue weighted by Gasteiger charge is 2.09. The van der Waals surface area contributed by atoms with Crippen LogP contribution in [0.4, 0.5) is 0 Å². The van der Waals surface area contributed by atoms with Gasteiger partial charge in [0, 0.05) is 12.8 Å². The normalized spacial score (nSPS) is 9.91. The van der Waals surface area contributed by atoms with E-state index in [1.807, 2.05) is 60.7 Å². The lowest BCUT2D eigenvalue weighted by molar-refractivity contribution is -0.139. The molecule has 0 saturated carbocycles. The van der Waals surface area contributed by atoms with Gasteiger partial charge in [0.1, 0.15) is 0 Å². The Labute approximate surface area is 136 Å². The fourth-order valence-corrected chi connectivity index (χ4v) is 2.09. The van der Waals surface area contributed by atoms with Crippen LogP contribution in [-0.4, -0.2) is 19.6 Å². The molecule has 0 radical (unpaired) electrons. The number of carbonyl (C=O) groups excluding carboxylic acids is 2. The molecular weight excluding hydrogens is 291 g/mol. The summed E-state index contributed by atoms with van der Waals surface area (Å²) in [5.74, 6) is -0.741. The standard InChI is InChI=1S/C18H19BO4/c20-17(13-11-15-7-3-1-4-8-15)22-19-23-18(21)14-12-16-9-5-2-6-10-16/h1-10,19H,11-14H2. The van der Waals surface area contributed by atoms with Crippen molar-refractivity contribution in [3.8, 4) is 0 Å². The van der Waals surface area contributed by atoms with E-state index in [9.17, 15) is 9.59 Å². The molecule has 0 amide bonds. The molecule has 0 aliphatic heterocycles. The second kappa shape index (κ2) is 9.46. The van der Waals surface area contributed by atoms with Crippen molar-refractivity contribution < 1.29 is 18.9 Å². The van der Waals surface area contributed by atoms with Crippen molar-refractivity contribution in [2.45, 2.75) is 25.7 Å². The highest BCUT2D eigenvalue weighted by atomic mass is 16.6. The Kier molecular flexibility index (Phi) is 6.91. The van der Waals surface area contributed by atoms with Crippen molar-refractivity contribution in [1.82, 2.24) is 0 Å². The third-order valence-corrected chi connectivity index (χ3v) is 3.36. The summed E-state index contributed by atoms with van der Waals surface area (Å²) in [7, 11) is -0.318. The minimum atomic E-state index is -0.371. The van der Waals surface area contributed by atoms with Crippen molar-refractivity contribution in [3.05, 3.63) is 71.8 Å². The Bertz CT molecular complexity index is 558. The zero-order valence-electron chi connectivity index (χ0n) is 12.9. The summed E-state index contributed by atoms with van der Waals surface area (Å²) in [4.78, 5) is 23.1. The highest BCUT2D eigenvalue weighted by molar-refractivity contribution is 6.25. The summed E-state index contributed by atoms with van der Waals surface area (Å²) >= 11 is 0. The van der Waals surface area contributed by atoms with Crippen LogP contribution in [0.2, 0.25) is 0 Å². The van der Waals surface area contributed by atoms with E-state index in [1.54, 1.807) is 0 Å². The molecule has 0 saturated heterocycles. The van der Waals surface area contributed by atoms with Gasteiger partial charge in [0.2, 0.25) is 0 Å². The number of aryl methyl sites for hydroxylation is 2.